The molecule has 1 amide bonds. The summed E-state index contributed by atoms with van der Waals surface area (Å²) in [5.74, 6) is -0.899. The standard InChI is InChI=1S/C14H9ClFN3O/c15-11-3-2-10(6-12(11)16)18-14(20)8-1-4-13-9(5-8)7-17-19-13/h1-7H,(H,17,19)(H,18,20). The molecule has 20 heavy (non-hydrogen) atoms. The number of nitrogens with zero attached hydrogens (tertiary/aromatic N) is 1. The van der Waals surface area contributed by atoms with Crippen LogP contribution in [0.25, 0.3) is 10.9 Å². The number of hydrogen-bond acceptors (Lipinski definition) is 2. The number of aromatic amines is 1. The van der Waals surface area contributed by atoms with Crippen LogP contribution >= 0.6 is 11.6 Å². The average Bonchev–Trinajstić information content (AvgIpc) is 2.90. The molecule has 3 aromatic rings. The number of H-pyrrole nitrogens is 1. The summed E-state index contributed by atoms with van der Waals surface area (Å²) in [5.41, 5.74) is 1.66. The topological polar surface area (TPSA) is 57.8 Å². The van der Waals surface area contributed by atoms with Crippen molar-refractivity contribution in [3.8, 4) is 0 Å². The van der Waals surface area contributed by atoms with Crippen molar-refractivity contribution < 1.29 is 9.18 Å². The van der Waals surface area contributed by atoms with Gasteiger partial charge in [0.25, 0.3) is 5.91 Å². The van der Waals surface area contributed by atoms with Crippen LogP contribution in [-0.2, 0) is 0 Å². The van der Waals surface area contributed by atoms with Gasteiger partial charge in [-0.2, -0.15) is 5.10 Å². The first kappa shape index (κ1) is 12.6. The van der Waals surface area contributed by atoms with Gasteiger partial charge in [0, 0.05) is 16.6 Å². The first-order valence-electron chi connectivity index (χ1n) is 5.83. The highest BCUT2D eigenvalue weighted by molar-refractivity contribution is 6.30. The number of benzene rings is 2. The van der Waals surface area contributed by atoms with Gasteiger partial charge in [-0.15, -0.1) is 0 Å². The van der Waals surface area contributed by atoms with Gasteiger partial charge in [0.1, 0.15) is 5.82 Å². The molecule has 0 saturated carbocycles. The Labute approximate surface area is 118 Å². The van der Waals surface area contributed by atoms with Gasteiger partial charge in [-0.1, -0.05) is 11.6 Å². The van der Waals surface area contributed by atoms with E-state index < -0.39 is 5.82 Å². The van der Waals surface area contributed by atoms with Gasteiger partial charge in [-0.05, 0) is 36.4 Å². The molecular weight excluding hydrogens is 281 g/mol. The summed E-state index contributed by atoms with van der Waals surface area (Å²) >= 11 is 5.59. The summed E-state index contributed by atoms with van der Waals surface area (Å²) < 4.78 is 13.3. The highest BCUT2D eigenvalue weighted by Gasteiger charge is 2.09. The molecule has 0 fully saturated rings. The molecule has 0 atom stereocenters. The van der Waals surface area contributed by atoms with E-state index in [2.05, 4.69) is 15.5 Å². The summed E-state index contributed by atoms with van der Waals surface area (Å²) in [6.45, 7) is 0. The van der Waals surface area contributed by atoms with E-state index in [0.717, 1.165) is 10.9 Å². The summed E-state index contributed by atoms with van der Waals surface area (Å²) in [5, 5.41) is 10.2. The first-order valence-corrected chi connectivity index (χ1v) is 6.21. The van der Waals surface area contributed by atoms with Crippen LogP contribution in [0.5, 0.6) is 0 Å². The number of carbonyl (C=O) groups excluding carboxylic acids is 1. The number of halogens is 2. The molecule has 2 aromatic carbocycles. The van der Waals surface area contributed by atoms with E-state index in [-0.39, 0.29) is 10.9 Å². The van der Waals surface area contributed by atoms with Crippen LogP contribution in [0.1, 0.15) is 10.4 Å². The van der Waals surface area contributed by atoms with Crippen LogP contribution in [-0.4, -0.2) is 16.1 Å². The highest BCUT2D eigenvalue weighted by Crippen LogP contribution is 2.20. The Morgan fingerprint density at radius 2 is 2.10 bits per heavy atom. The second-order valence-electron chi connectivity index (χ2n) is 4.26. The Morgan fingerprint density at radius 3 is 2.90 bits per heavy atom. The van der Waals surface area contributed by atoms with Crippen molar-refractivity contribution in [3.63, 3.8) is 0 Å². The van der Waals surface area contributed by atoms with Gasteiger partial charge in [0.05, 0.1) is 16.7 Å². The van der Waals surface area contributed by atoms with Gasteiger partial charge in [-0.3, -0.25) is 9.89 Å². The molecule has 1 aromatic heterocycles. The molecule has 0 bridgehead atoms. The summed E-state index contributed by atoms with van der Waals surface area (Å²) in [6.07, 6.45) is 1.63. The quantitative estimate of drug-likeness (QED) is 0.757. The molecule has 0 radical (unpaired) electrons. The zero-order valence-electron chi connectivity index (χ0n) is 10.2. The van der Waals surface area contributed by atoms with Crippen LogP contribution in [0, 0.1) is 5.82 Å². The van der Waals surface area contributed by atoms with Gasteiger partial charge < -0.3 is 5.32 Å². The van der Waals surface area contributed by atoms with Crippen molar-refractivity contribution in [2.24, 2.45) is 0 Å². The number of rotatable bonds is 2. The number of aromatic nitrogens is 2. The lowest BCUT2D eigenvalue weighted by atomic mass is 10.1. The van der Waals surface area contributed by atoms with Gasteiger partial charge >= 0.3 is 0 Å². The SMILES string of the molecule is O=C(Nc1ccc(Cl)c(F)c1)c1ccc2[nH]ncc2c1. The molecule has 100 valence electrons. The fraction of sp³-hybridized carbons (Fsp3) is 0. The number of carbonyl (C=O) groups is 1. The predicted octanol–water partition coefficient (Wildman–Crippen LogP) is 3.61. The van der Waals surface area contributed by atoms with Gasteiger partial charge in [0.2, 0.25) is 0 Å². The molecule has 6 heteroatoms. The smallest absolute Gasteiger partial charge is 0.255 e. The molecular formula is C14H9ClFN3O. The second-order valence-corrected chi connectivity index (χ2v) is 4.66. The van der Waals surface area contributed by atoms with Crippen molar-refractivity contribution in [1.82, 2.24) is 10.2 Å². The van der Waals surface area contributed by atoms with Crippen LogP contribution < -0.4 is 5.32 Å². The summed E-state index contributed by atoms with van der Waals surface area (Å²) in [7, 11) is 0. The Morgan fingerprint density at radius 1 is 1.25 bits per heavy atom. The first-order chi connectivity index (χ1) is 9.63. The number of anilines is 1. The van der Waals surface area contributed by atoms with Crippen LogP contribution in [0.15, 0.2) is 42.6 Å². The van der Waals surface area contributed by atoms with Crippen molar-refractivity contribution >= 4 is 34.1 Å². The van der Waals surface area contributed by atoms with Crippen molar-refractivity contribution in [2.75, 3.05) is 5.32 Å². The zero-order chi connectivity index (χ0) is 14.1. The largest absolute Gasteiger partial charge is 0.322 e. The maximum Gasteiger partial charge on any atom is 0.255 e. The minimum atomic E-state index is -0.574. The maximum atomic E-state index is 13.3. The van der Waals surface area contributed by atoms with Crippen LogP contribution in [0.2, 0.25) is 5.02 Å². The highest BCUT2D eigenvalue weighted by atomic mass is 35.5. The Hall–Kier alpha value is -2.40. The molecule has 0 aliphatic heterocycles. The second kappa shape index (κ2) is 4.94. The zero-order valence-corrected chi connectivity index (χ0v) is 10.9. The van der Waals surface area contributed by atoms with E-state index in [0.29, 0.717) is 11.3 Å². The number of amides is 1. The molecule has 1 heterocycles. The lowest BCUT2D eigenvalue weighted by molar-refractivity contribution is 0.102. The van der Waals surface area contributed by atoms with E-state index >= 15 is 0 Å². The van der Waals surface area contributed by atoms with Crippen LogP contribution in [0.3, 0.4) is 0 Å². The summed E-state index contributed by atoms with van der Waals surface area (Å²) in [4.78, 5) is 12.1. The minimum absolute atomic E-state index is 0.0165. The summed E-state index contributed by atoms with van der Waals surface area (Å²) in [6, 6.07) is 9.25. The predicted molar refractivity (Wildman–Crippen MR) is 75.5 cm³/mol. The molecule has 2 N–H and O–H groups in total. The van der Waals surface area contributed by atoms with Gasteiger partial charge in [0.15, 0.2) is 0 Å². The molecule has 0 unspecified atom stereocenters. The molecule has 4 nitrogen and oxygen atoms in total. The number of fused-ring (bicyclic) bond motifs is 1. The molecule has 0 saturated heterocycles. The van der Waals surface area contributed by atoms with E-state index in [1.165, 1.54) is 12.1 Å². The third-order valence-electron chi connectivity index (χ3n) is 2.88. The number of nitrogens with one attached hydrogen (secondary N) is 2. The van der Waals surface area contributed by atoms with E-state index in [9.17, 15) is 9.18 Å². The lowest BCUT2D eigenvalue weighted by Crippen LogP contribution is -2.11. The molecule has 0 aliphatic carbocycles. The third-order valence-corrected chi connectivity index (χ3v) is 3.19. The fourth-order valence-electron chi connectivity index (χ4n) is 1.86. The average molecular weight is 290 g/mol. The lowest BCUT2D eigenvalue weighted by Gasteiger charge is -2.06. The molecule has 0 spiro atoms. The number of hydrogen-bond donors (Lipinski definition) is 2. The van der Waals surface area contributed by atoms with Crippen molar-refractivity contribution in [2.45, 2.75) is 0 Å². The van der Waals surface area contributed by atoms with E-state index in [1.807, 2.05) is 0 Å². The van der Waals surface area contributed by atoms with Gasteiger partial charge in [-0.25, -0.2) is 4.39 Å². The van der Waals surface area contributed by atoms with Crippen molar-refractivity contribution in [1.29, 1.82) is 0 Å². The molecule has 0 aliphatic rings. The Balaban J connectivity index is 1.86. The van der Waals surface area contributed by atoms with Crippen molar-refractivity contribution in [3.05, 3.63) is 59.0 Å². The normalized spacial score (nSPS) is 10.7. The monoisotopic (exact) mass is 289 g/mol. The maximum absolute atomic E-state index is 13.3. The molecule has 3 rings (SSSR count). The minimum Gasteiger partial charge on any atom is -0.322 e. The van der Waals surface area contributed by atoms with E-state index in [1.54, 1.807) is 30.5 Å². The van der Waals surface area contributed by atoms with Crippen LogP contribution in [0.4, 0.5) is 10.1 Å². The third kappa shape index (κ3) is 2.35. The Bertz CT molecular complexity index is 800. The fourth-order valence-corrected chi connectivity index (χ4v) is 1.98. The Kier molecular flexibility index (Phi) is 3.12. The van der Waals surface area contributed by atoms with E-state index in [4.69, 9.17) is 11.6 Å².